The predicted molar refractivity (Wildman–Crippen MR) is 69.9 cm³/mol. The molecule has 0 fully saturated rings. The number of nitrogens with two attached hydrogens (primary N) is 1. The highest BCUT2D eigenvalue weighted by Gasteiger charge is 2.12. The fourth-order valence-electron chi connectivity index (χ4n) is 1.61. The molecule has 1 amide bonds. The number of rotatable bonds is 4. The van der Waals surface area contributed by atoms with Crippen LogP contribution in [0.15, 0.2) is 17.8 Å². The van der Waals surface area contributed by atoms with Gasteiger partial charge in [0.1, 0.15) is 0 Å². The summed E-state index contributed by atoms with van der Waals surface area (Å²) in [6, 6.07) is 0. The van der Waals surface area contributed by atoms with E-state index < -0.39 is 0 Å². The van der Waals surface area contributed by atoms with Crippen molar-refractivity contribution in [1.29, 1.82) is 0 Å². The molecule has 0 saturated carbocycles. The van der Waals surface area contributed by atoms with E-state index in [1.54, 1.807) is 22.8 Å². The van der Waals surface area contributed by atoms with E-state index in [2.05, 4.69) is 10.1 Å². The average Bonchev–Trinajstić information content (AvgIpc) is 2.88. The van der Waals surface area contributed by atoms with Gasteiger partial charge in [0.05, 0.1) is 18.3 Å². The van der Waals surface area contributed by atoms with Gasteiger partial charge >= 0.3 is 0 Å². The molecule has 2 aromatic heterocycles. The van der Waals surface area contributed by atoms with Gasteiger partial charge in [0.2, 0.25) is 5.91 Å². The molecule has 0 aromatic carbocycles. The Bertz CT molecular complexity index is 547. The van der Waals surface area contributed by atoms with Crippen LogP contribution in [-0.4, -0.2) is 32.6 Å². The average molecular weight is 265 g/mol. The summed E-state index contributed by atoms with van der Waals surface area (Å²) >= 11 is 1.35. The lowest BCUT2D eigenvalue weighted by Crippen LogP contribution is -2.27. The van der Waals surface area contributed by atoms with E-state index in [1.165, 1.54) is 11.3 Å². The Morgan fingerprint density at radius 1 is 1.61 bits per heavy atom. The summed E-state index contributed by atoms with van der Waals surface area (Å²) < 4.78 is 1.72. The van der Waals surface area contributed by atoms with Crippen LogP contribution in [0.4, 0.5) is 5.13 Å². The van der Waals surface area contributed by atoms with Gasteiger partial charge in [-0.2, -0.15) is 5.10 Å². The smallest absolute Gasteiger partial charge is 0.228 e. The van der Waals surface area contributed by atoms with Gasteiger partial charge in [-0.1, -0.05) is 0 Å². The van der Waals surface area contributed by atoms with Crippen molar-refractivity contribution in [2.24, 2.45) is 7.05 Å². The van der Waals surface area contributed by atoms with Gasteiger partial charge in [0, 0.05) is 37.8 Å². The van der Waals surface area contributed by atoms with Crippen molar-refractivity contribution in [3.63, 3.8) is 0 Å². The first-order valence-electron chi connectivity index (χ1n) is 5.46. The molecule has 0 bridgehead atoms. The van der Waals surface area contributed by atoms with Gasteiger partial charge in [-0.05, 0) is 0 Å². The third-order valence-electron chi connectivity index (χ3n) is 2.51. The minimum absolute atomic E-state index is 0.0177. The fourth-order valence-corrected chi connectivity index (χ4v) is 2.17. The van der Waals surface area contributed by atoms with Crippen LogP contribution in [0.1, 0.15) is 11.3 Å². The summed E-state index contributed by atoms with van der Waals surface area (Å²) in [6.45, 7) is 0.548. The van der Waals surface area contributed by atoms with Crippen molar-refractivity contribution in [1.82, 2.24) is 19.7 Å². The van der Waals surface area contributed by atoms with Gasteiger partial charge in [-0.3, -0.25) is 9.48 Å². The number of nitrogen functional groups attached to an aromatic ring is 1. The Morgan fingerprint density at radius 2 is 2.39 bits per heavy atom. The summed E-state index contributed by atoms with van der Waals surface area (Å²) in [6.07, 6.45) is 3.93. The number of anilines is 1. The van der Waals surface area contributed by atoms with Crippen LogP contribution in [0.5, 0.6) is 0 Å². The minimum atomic E-state index is 0.0177. The number of aromatic nitrogens is 3. The van der Waals surface area contributed by atoms with Crippen LogP contribution < -0.4 is 5.73 Å². The van der Waals surface area contributed by atoms with Gasteiger partial charge in [0.15, 0.2) is 5.13 Å². The molecule has 0 spiro atoms. The topological polar surface area (TPSA) is 77.0 Å². The Kier molecular flexibility index (Phi) is 3.61. The Hall–Kier alpha value is -1.89. The molecule has 2 heterocycles. The SMILES string of the molecule is CN(Cc1cnn(C)c1)C(=O)Cc1csc(N)n1. The van der Waals surface area contributed by atoms with Gasteiger partial charge < -0.3 is 10.6 Å². The molecule has 2 aromatic rings. The Balaban J connectivity index is 1.92. The van der Waals surface area contributed by atoms with E-state index in [9.17, 15) is 4.79 Å². The number of hydrogen-bond acceptors (Lipinski definition) is 5. The lowest BCUT2D eigenvalue weighted by Gasteiger charge is -2.15. The molecule has 2 N–H and O–H groups in total. The molecular weight excluding hydrogens is 250 g/mol. The van der Waals surface area contributed by atoms with Crippen molar-refractivity contribution in [2.75, 3.05) is 12.8 Å². The molecule has 0 unspecified atom stereocenters. The summed E-state index contributed by atoms with van der Waals surface area (Å²) in [4.78, 5) is 17.7. The van der Waals surface area contributed by atoms with Crippen LogP contribution in [0.3, 0.4) is 0 Å². The van der Waals surface area contributed by atoms with Gasteiger partial charge in [0.25, 0.3) is 0 Å². The monoisotopic (exact) mass is 265 g/mol. The number of aryl methyl sites for hydroxylation is 1. The zero-order valence-electron chi connectivity index (χ0n) is 10.3. The number of thiazole rings is 1. The largest absolute Gasteiger partial charge is 0.375 e. The van der Waals surface area contributed by atoms with Crippen LogP contribution in [-0.2, 0) is 24.8 Å². The number of carbonyl (C=O) groups excluding carboxylic acids is 1. The molecule has 18 heavy (non-hydrogen) atoms. The molecule has 6 nitrogen and oxygen atoms in total. The van der Waals surface area contributed by atoms with E-state index >= 15 is 0 Å². The molecule has 2 rings (SSSR count). The maximum atomic E-state index is 12.0. The highest BCUT2D eigenvalue weighted by molar-refractivity contribution is 7.13. The third-order valence-corrected chi connectivity index (χ3v) is 3.23. The van der Waals surface area contributed by atoms with Gasteiger partial charge in [-0.25, -0.2) is 4.98 Å². The lowest BCUT2D eigenvalue weighted by atomic mass is 10.3. The molecule has 0 aliphatic carbocycles. The number of hydrogen-bond donors (Lipinski definition) is 1. The Labute approximate surface area is 109 Å². The van der Waals surface area contributed by atoms with E-state index in [1.807, 2.05) is 18.6 Å². The van der Waals surface area contributed by atoms with Gasteiger partial charge in [-0.15, -0.1) is 11.3 Å². The second kappa shape index (κ2) is 5.18. The zero-order valence-corrected chi connectivity index (χ0v) is 11.1. The fraction of sp³-hybridized carbons (Fsp3) is 0.364. The summed E-state index contributed by atoms with van der Waals surface area (Å²) in [5.41, 5.74) is 7.26. The summed E-state index contributed by atoms with van der Waals surface area (Å²) in [5, 5.41) is 6.37. The molecule has 0 atom stereocenters. The van der Waals surface area contributed by atoms with E-state index in [4.69, 9.17) is 5.73 Å². The molecule has 0 saturated heterocycles. The van der Waals surface area contributed by atoms with Crippen molar-refractivity contribution >= 4 is 22.4 Å². The molecule has 0 aliphatic rings. The molecule has 0 aliphatic heterocycles. The molecule has 7 heteroatoms. The highest BCUT2D eigenvalue weighted by Crippen LogP contribution is 2.12. The highest BCUT2D eigenvalue weighted by atomic mass is 32.1. The Morgan fingerprint density at radius 3 is 2.94 bits per heavy atom. The predicted octanol–water partition coefficient (Wildman–Crippen LogP) is 0.660. The lowest BCUT2D eigenvalue weighted by molar-refractivity contribution is -0.129. The second-order valence-corrected chi connectivity index (χ2v) is 5.02. The summed E-state index contributed by atoms with van der Waals surface area (Å²) in [7, 11) is 3.62. The molecular formula is C11H15N5OS. The zero-order chi connectivity index (χ0) is 13.1. The third kappa shape index (κ3) is 3.07. The first-order chi connectivity index (χ1) is 8.54. The standard InChI is InChI=1S/C11H15N5OS/c1-15(5-8-4-13-16(2)6-8)10(17)3-9-7-18-11(12)14-9/h4,6-7H,3,5H2,1-2H3,(H2,12,14). The summed E-state index contributed by atoms with van der Waals surface area (Å²) in [5.74, 6) is 0.0177. The van der Waals surface area contributed by atoms with Crippen molar-refractivity contribution in [3.8, 4) is 0 Å². The van der Waals surface area contributed by atoms with Crippen LogP contribution in [0, 0.1) is 0 Å². The number of nitrogens with zero attached hydrogens (tertiary/aromatic N) is 4. The second-order valence-electron chi connectivity index (χ2n) is 4.13. The maximum Gasteiger partial charge on any atom is 0.228 e. The minimum Gasteiger partial charge on any atom is -0.375 e. The van der Waals surface area contributed by atoms with E-state index in [0.29, 0.717) is 11.7 Å². The molecule has 0 radical (unpaired) electrons. The van der Waals surface area contributed by atoms with Crippen LogP contribution in [0.25, 0.3) is 0 Å². The van der Waals surface area contributed by atoms with Crippen LogP contribution in [0.2, 0.25) is 0 Å². The van der Waals surface area contributed by atoms with E-state index in [0.717, 1.165) is 11.3 Å². The number of carbonyl (C=O) groups is 1. The first kappa shape index (κ1) is 12.6. The molecule has 96 valence electrons. The normalized spacial score (nSPS) is 10.6. The quantitative estimate of drug-likeness (QED) is 0.881. The van der Waals surface area contributed by atoms with E-state index in [-0.39, 0.29) is 12.3 Å². The first-order valence-corrected chi connectivity index (χ1v) is 6.34. The van der Waals surface area contributed by atoms with Crippen LogP contribution >= 0.6 is 11.3 Å². The number of likely N-dealkylation sites (N-methyl/N-ethyl adjacent to an activating group) is 1. The van der Waals surface area contributed by atoms with Crippen molar-refractivity contribution in [3.05, 3.63) is 29.0 Å². The van der Waals surface area contributed by atoms with Crippen molar-refractivity contribution < 1.29 is 4.79 Å². The number of amides is 1. The van der Waals surface area contributed by atoms with Crippen molar-refractivity contribution in [2.45, 2.75) is 13.0 Å². The maximum absolute atomic E-state index is 12.0.